The van der Waals surface area contributed by atoms with Gasteiger partial charge in [-0.05, 0) is 40.8 Å². The van der Waals surface area contributed by atoms with Crippen LogP contribution in [-0.4, -0.2) is 26.5 Å². The number of halogens is 1. The molecule has 0 unspecified atom stereocenters. The number of imidazole rings is 1. The van der Waals surface area contributed by atoms with Crippen molar-refractivity contribution in [1.29, 1.82) is 0 Å². The molecule has 146 valence electrons. The van der Waals surface area contributed by atoms with E-state index in [0.29, 0.717) is 10.4 Å². The number of nitrogens with two attached hydrogens (primary N) is 1. The van der Waals surface area contributed by atoms with Crippen LogP contribution in [0.15, 0.2) is 47.3 Å². The summed E-state index contributed by atoms with van der Waals surface area (Å²) in [6, 6.07) is 9.73. The molecule has 1 aromatic carbocycles. The zero-order valence-electron chi connectivity index (χ0n) is 15.3. The summed E-state index contributed by atoms with van der Waals surface area (Å²) < 4.78 is 8.05. The fourth-order valence-corrected chi connectivity index (χ4v) is 4.39. The number of hydrogen-bond donors (Lipinski definition) is 2. The number of hydrogen-bond acceptors (Lipinski definition) is 5. The third kappa shape index (κ3) is 3.96. The predicted octanol–water partition coefficient (Wildman–Crippen LogP) is 4.03. The molecule has 1 saturated carbocycles. The molecule has 4 rings (SSSR count). The molecule has 28 heavy (non-hydrogen) atoms. The van der Waals surface area contributed by atoms with Crippen molar-refractivity contribution in [2.45, 2.75) is 44.2 Å². The third-order valence-electron chi connectivity index (χ3n) is 5.14. The molecule has 3 N–H and O–H groups in total. The average Bonchev–Trinajstić information content (AvgIpc) is 3.05. The van der Waals surface area contributed by atoms with E-state index in [0.717, 1.165) is 42.6 Å². The summed E-state index contributed by atoms with van der Waals surface area (Å²) in [4.78, 5) is 21.0. The maximum absolute atomic E-state index is 12.2. The van der Waals surface area contributed by atoms with Crippen LogP contribution in [0.2, 0.25) is 0 Å². The summed E-state index contributed by atoms with van der Waals surface area (Å²) >= 11 is 3.49. The molecule has 2 atom stereocenters. The Morgan fingerprint density at radius 1 is 1.32 bits per heavy atom. The zero-order valence-corrected chi connectivity index (χ0v) is 16.9. The van der Waals surface area contributed by atoms with Crippen LogP contribution in [0.25, 0.3) is 5.52 Å². The highest BCUT2D eigenvalue weighted by atomic mass is 79.9. The second-order valence-electron chi connectivity index (χ2n) is 7.06. The van der Waals surface area contributed by atoms with Gasteiger partial charge < -0.3 is 15.8 Å². The number of nitrogens with zero attached hydrogens (tertiary/aromatic N) is 3. The third-order valence-corrected chi connectivity index (χ3v) is 5.69. The van der Waals surface area contributed by atoms with E-state index in [1.807, 2.05) is 40.9 Å². The summed E-state index contributed by atoms with van der Waals surface area (Å²) in [5.74, 6) is 1.62. The lowest BCUT2D eigenvalue weighted by Crippen LogP contribution is -2.38. The number of nitrogen functional groups attached to an aromatic ring is 1. The standard InChI is InChI=1S/C20H22BrN5O2/c21-17-16-18(22)23-9-10-26(16)19(25-17)14-7-4-8-15(11-14)24-20(27)28-12-13-5-2-1-3-6-13/h1-3,5-6,9-10,14-15H,4,7-8,11-12H2,(H2,22,23)(H,24,27)/t14-,15-/m0/s1. The van der Waals surface area contributed by atoms with Crippen molar-refractivity contribution in [3.05, 3.63) is 58.7 Å². The molecular formula is C20H22BrN5O2. The van der Waals surface area contributed by atoms with E-state index >= 15 is 0 Å². The molecule has 3 aromatic rings. The number of aromatic nitrogens is 3. The van der Waals surface area contributed by atoms with Gasteiger partial charge in [0.2, 0.25) is 0 Å². The fraction of sp³-hybridized carbons (Fsp3) is 0.350. The number of benzene rings is 1. The van der Waals surface area contributed by atoms with E-state index in [1.54, 1.807) is 6.20 Å². The maximum atomic E-state index is 12.2. The fourth-order valence-electron chi connectivity index (χ4n) is 3.82. The van der Waals surface area contributed by atoms with Crippen LogP contribution in [0.5, 0.6) is 0 Å². The lowest BCUT2D eigenvalue weighted by Gasteiger charge is -2.28. The van der Waals surface area contributed by atoms with Gasteiger partial charge >= 0.3 is 6.09 Å². The SMILES string of the molecule is Nc1nccn2c([C@H]3CCC[C@H](NC(=O)OCc4ccccc4)C3)nc(Br)c12. The summed E-state index contributed by atoms with van der Waals surface area (Å²) in [6.45, 7) is 0.271. The molecule has 0 spiro atoms. The number of anilines is 1. The minimum atomic E-state index is -0.378. The van der Waals surface area contributed by atoms with E-state index < -0.39 is 0 Å². The number of carbonyl (C=O) groups is 1. The lowest BCUT2D eigenvalue weighted by molar-refractivity contribution is 0.132. The first-order valence-corrected chi connectivity index (χ1v) is 10.2. The Hall–Kier alpha value is -2.61. The smallest absolute Gasteiger partial charge is 0.407 e. The van der Waals surface area contributed by atoms with Crippen molar-refractivity contribution in [1.82, 2.24) is 19.7 Å². The van der Waals surface area contributed by atoms with Crippen LogP contribution < -0.4 is 11.1 Å². The molecule has 0 bridgehead atoms. The minimum Gasteiger partial charge on any atom is -0.445 e. The number of fused-ring (bicyclic) bond motifs is 1. The molecule has 7 nitrogen and oxygen atoms in total. The molecule has 1 fully saturated rings. The first-order valence-electron chi connectivity index (χ1n) is 9.37. The Morgan fingerprint density at radius 2 is 2.14 bits per heavy atom. The average molecular weight is 444 g/mol. The van der Waals surface area contributed by atoms with Gasteiger partial charge in [0.15, 0.2) is 5.82 Å². The van der Waals surface area contributed by atoms with Crippen LogP contribution in [0.4, 0.5) is 10.6 Å². The summed E-state index contributed by atoms with van der Waals surface area (Å²) in [7, 11) is 0. The highest BCUT2D eigenvalue weighted by Crippen LogP contribution is 2.35. The number of ether oxygens (including phenoxy) is 1. The molecule has 2 heterocycles. The van der Waals surface area contributed by atoms with Gasteiger partial charge in [0.05, 0.1) is 0 Å². The van der Waals surface area contributed by atoms with Crippen molar-refractivity contribution >= 4 is 33.4 Å². The van der Waals surface area contributed by atoms with Crippen molar-refractivity contribution in [2.24, 2.45) is 0 Å². The summed E-state index contributed by atoms with van der Waals surface area (Å²) in [5.41, 5.74) is 7.76. The maximum Gasteiger partial charge on any atom is 0.407 e. The first-order chi connectivity index (χ1) is 13.6. The highest BCUT2D eigenvalue weighted by Gasteiger charge is 2.28. The molecule has 1 aliphatic rings. The van der Waals surface area contributed by atoms with Gasteiger partial charge in [0.1, 0.15) is 22.6 Å². The predicted molar refractivity (Wildman–Crippen MR) is 110 cm³/mol. The molecule has 1 amide bonds. The first kappa shape index (κ1) is 18.7. The van der Waals surface area contributed by atoms with Crippen LogP contribution in [0.1, 0.15) is 43.0 Å². The Kier molecular flexibility index (Phi) is 5.47. The van der Waals surface area contributed by atoms with Crippen LogP contribution in [-0.2, 0) is 11.3 Å². The molecular weight excluding hydrogens is 422 g/mol. The van der Waals surface area contributed by atoms with Crippen molar-refractivity contribution in [3.63, 3.8) is 0 Å². The second kappa shape index (κ2) is 8.18. The van der Waals surface area contributed by atoms with Gasteiger partial charge in [-0.3, -0.25) is 4.40 Å². The van der Waals surface area contributed by atoms with Crippen LogP contribution in [0.3, 0.4) is 0 Å². The largest absolute Gasteiger partial charge is 0.445 e. The van der Waals surface area contributed by atoms with Gasteiger partial charge in [-0.1, -0.05) is 36.8 Å². The number of alkyl carbamates (subject to hydrolysis) is 1. The zero-order chi connectivity index (χ0) is 19.5. The molecule has 2 aromatic heterocycles. The quantitative estimate of drug-likeness (QED) is 0.634. The Balaban J connectivity index is 1.41. The summed E-state index contributed by atoms with van der Waals surface area (Å²) in [6.07, 6.45) is 6.96. The number of carbonyl (C=O) groups excluding carboxylic acids is 1. The normalized spacial score (nSPS) is 19.5. The van der Waals surface area contributed by atoms with E-state index in [2.05, 4.69) is 31.2 Å². The van der Waals surface area contributed by atoms with E-state index in [1.165, 1.54) is 0 Å². The number of nitrogens with one attached hydrogen (secondary N) is 1. The molecule has 0 aliphatic heterocycles. The lowest BCUT2D eigenvalue weighted by atomic mass is 9.85. The highest BCUT2D eigenvalue weighted by molar-refractivity contribution is 9.10. The number of rotatable bonds is 4. The molecule has 1 aliphatic carbocycles. The topological polar surface area (TPSA) is 94.5 Å². The van der Waals surface area contributed by atoms with Gasteiger partial charge in [0, 0.05) is 24.4 Å². The van der Waals surface area contributed by atoms with Gasteiger partial charge in [-0.25, -0.2) is 14.8 Å². The minimum absolute atomic E-state index is 0.0623. The molecule has 0 saturated heterocycles. The van der Waals surface area contributed by atoms with E-state index in [9.17, 15) is 4.79 Å². The van der Waals surface area contributed by atoms with Crippen molar-refractivity contribution in [2.75, 3.05) is 5.73 Å². The van der Waals surface area contributed by atoms with E-state index in [4.69, 9.17) is 10.5 Å². The molecule has 8 heteroatoms. The van der Waals surface area contributed by atoms with Crippen molar-refractivity contribution in [3.8, 4) is 0 Å². The Morgan fingerprint density at radius 3 is 2.96 bits per heavy atom. The van der Waals surface area contributed by atoms with Crippen molar-refractivity contribution < 1.29 is 9.53 Å². The second-order valence-corrected chi connectivity index (χ2v) is 7.81. The van der Waals surface area contributed by atoms with Crippen LogP contribution >= 0.6 is 15.9 Å². The van der Waals surface area contributed by atoms with Gasteiger partial charge in [-0.2, -0.15) is 0 Å². The van der Waals surface area contributed by atoms with E-state index in [-0.39, 0.29) is 24.7 Å². The van der Waals surface area contributed by atoms with Crippen LogP contribution in [0, 0.1) is 0 Å². The molecule has 0 radical (unpaired) electrons. The van der Waals surface area contributed by atoms with Gasteiger partial charge in [0.25, 0.3) is 0 Å². The number of amides is 1. The van der Waals surface area contributed by atoms with Gasteiger partial charge in [-0.15, -0.1) is 0 Å². The summed E-state index contributed by atoms with van der Waals surface area (Å²) in [5, 5.41) is 3.01. The Bertz CT molecular complexity index is 975. The monoisotopic (exact) mass is 443 g/mol. The Labute approximate surface area is 171 Å².